The van der Waals surface area contributed by atoms with Crippen molar-refractivity contribution in [2.75, 3.05) is 6.54 Å². The monoisotopic (exact) mass is 346 g/mol. The minimum absolute atomic E-state index is 0.0968. The number of hydrogen-bond donors (Lipinski definition) is 1. The van der Waals surface area contributed by atoms with E-state index in [4.69, 9.17) is 16.1 Å². The maximum Gasteiger partial charge on any atom is 0.417 e. The summed E-state index contributed by atoms with van der Waals surface area (Å²) in [7, 11) is 0. The zero-order valence-corrected chi connectivity index (χ0v) is 13.2. The van der Waals surface area contributed by atoms with Crippen LogP contribution in [0, 0.1) is 13.8 Å². The van der Waals surface area contributed by atoms with Gasteiger partial charge in [0.1, 0.15) is 5.76 Å². The Kier molecular flexibility index (Phi) is 4.99. The molecule has 1 amide bonds. The number of carbonyl (C=O) groups excluding carboxylic acids is 1. The summed E-state index contributed by atoms with van der Waals surface area (Å²) in [6.07, 6.45) is -4.13. The number of hydrogen-bond acceptors (Lipinski definition) is 3. The summed E-state index contributed by atoms with van der Waals surface area (Å²) in [6, 6.07) is 3.06. The van der Waals surface area contributed by atoms with E-state index in [2.05, 4.69) is 10.5 Å². The molecule has 0 saturated carbocycles. The zero-order valence-electron chi connectivity index (χ0n) is 12.4. The lowest BCUT2D eigenvalue weighted by atomic mass is 10.1. The average Bonchev–Trinajstić information content (AvgIpc) is 2.78. The largest absolute Gasteiger partial charge is 0.417 e. The smallest absolute Gasteiger partial charge is 0.361 e. The highest BCUT2D eigenvalue weighted by Gasteiger charge is 2.33. The highest BCUT2D eigenvalue weighted by Crippen LogP contribution is 2.35. The van der Waals surface area contributed by atoms with E-state index < -0.39 is 22.7 Å². The highest BCUT2D eigenvalue weighted by atomic mass is 35.5. The Labute approximate surface area is 135 Å². The van der Waals surface area contributed by atoms with Crippen LogP contribution in [0.4, 0.5) is 13.2 Å². The molecule has 0 radical (unpaired) electrons. The van der Waals surface area contributed by atoms with Gasteiger partial charge in [0.2, 0.25) is 0 Å². The minimum atomic E-state index is -4.61. The molecule has 2 aromatic rings. The molecule has 0 atom stereocenters. The first-order chi connectivity index (χ1) is 10.7. The van der Waals surface area contributed by atoms with Crippen molar-refractivity contribution in [3.05, 3.63) is 51.4 Å². The van der Waals surface area contributed by atoms with Crippen LogP contribution < -0.4 is 5.32 Å². The fraction of sp³-hybridized carbons (Fsp3) is 0.333. The Hall–Kier alpha value is -2.02. The molecule has 0 spiro atoms. The van der Waals surface area contributed by atoms with Gasteiger partial charge in [-0.05, 0) is 38.5 Å². The van der Waals surface area contributed by atoms with Crippen LogP contribution >= 0.6 is 11.6 Å². The van der Waals surface area contributed by atoms with Crippen LogP contribution in [0.15, 0.2) is 22.7 Å². The van der Waals surface area contributed by atoms with Crippen LogP contribution in [-0.2, 0) is 12.6 Å². The number of amides is 1. The minimum Gasteiger partial charge on any atom is -0.361 e. The maximum atomic E-state index is 12.8. The van der Waals surface area contributed by atoms with E-state index in [-0.39, 0.29) is 12.1 Å². The Morgan fingerprint density at radius 2 is 2.04 bits per heavy atom. The van der Waals surface area contributed by atoms with Crippen LogP contribution in [0.25, 0.3) is 0 Å². The molecule has 23 heavy (non-hydrogen) atoms. The van der Waals surface area contributed by atoms with Gasteiger partial charge in [-0.3, -0.25) is 4.79 Å². The third-order valence-corrected chi connectivity index (χ3v) is 3.71. The highest BCUT2D eigenvalue weighted by molar-refractivity contribution is 6.31. The first-order valence-corrected chi connectivity index (χ1v) is 7.14. The molecular formula is C15H14ClF3N2O2. The van der Waals surface area contributed by atoms with Gasteiger partial charge in [-0.15, -0.1) is 0 Å². The van der Waals surface area contributed by atoms with Crippen molar-refractivity contribution >= 4 is 17.5 Å². The van der Waals surface area contributed by atoms with E-state index in [0.29, 0.717) is 12.2 Å². The van der Waals surface area contributed by atoms with Crippen molar-refractivity contribution in [1.82, 2.24) is 10.5 Å². The second-order valence-corrected chi connectivity index (χ2v) is 5.41. The van der Waals surface area contributed by atoms with Crippen LogP contribution in [0.2, 0.25) is 5.02 Å². The Morgan fingerprint density at radius 1 is 1.35 bits per heavy atom. The number of benzene rings is 1. The molecule has 1 N–H and O–H groups in total. The quantitative estimate of drug-likeness (QED) is 0.912. The first kappa shape index (κ1) is 17.3. The lowest BCUT2D eigenvalue weighted by Crippen LogP contribution is -2.26. The number of rotatable bonds is 4. The van der Waals surface area contributed by atoms with E-state index in [1.54, 1.807) is 13.8 Å². The lowest BCUT2D eigenvalue weighted by Gasteiger charge is -2.11. The lowest BCUT2D eigenvalue weighted by molar-refractivity contribution is -0.137. The maximum absolute atomic E-state index is 12.8. The molecule has 0 aliphatic heterocycles. The summed E-state index contributed by atoms with van der Waals surface area (Å²) in [5, 5.41) is 5.92. The number of halogens is 4. The standard InChI is InChI=1S/C15H14ClF3N2O2/c1-8-11(9(2)23-21-8)5-6-20-14(22)10-3-4-13(16)12(7-10)15(17,18)19/h3-4,7H,5-6H2,1-2H3,(H,20,22). The molecule has 8 heteroatoms. The van der Waals surface area contributed by atoms with Crippen molar-refractivity contribution in [1.29, 1.82) is 0 Å². The molecule has 4 nitrogen and oxygen atoms in total. The second-order valence-electron chi connectivity index (χ2n) is 5.00. The number of carbonyl (C=O) groups is 1. The molecular weight excluding hydrogens is 333 g/mol. The number of alkyl halides is 3. The van der Waals surface area contributed by atoms with Gasteiger partial charge in [0.05, 0.1) is 16.3 Å². The third kappa shape index (κ3) is 4.04. The van der Waals surface area contributed by atoms with E-state index >= 15 is 0 Å². The molecule has 0 saturated heterocycles. The number of aromatic nitrogens is 1. The van der Waals surface area contributed by atoms with Gasteiger partial charge >= 0.3 is 6.18 Å². The molecule has 1 aromatic carbocycles. The van der Waals surface area contributed by atoms with Crippen LogP contribution in [-0.4, -0.2) is 17.6 Å². The van der Waals surface area contributed by atoms with E-state index in [1.165, 1.54) is 6.07 Å². The Morgan fingerprint density at radius 3 is 2.61 bits per heavy atom. The van der Waals surface area contributed by atoms with Gasteiger partial charge < -0.3 is 9.84 Å². The van der Waals surface area contributed by atoms with Gasteiger partial charge in [-0.25, -0.2) is 0 Å². The van der Waals surface area contributed by atoms with Crippen molar-refractivity contribution in [3.63, 3.8) is 0 Å². The summed E-state index contributed by atoms with van der Waals surface area (Å²) >= 11 is 5.52. The van der Waals surface area contributed by atoms with Crippen molar-refractivity contribution < 1.29 is 22.5 Å². The Bertz CT molecular complexity index is 706. The van der Waals surface area contributed by atoms with Gasteiger partial charge in [0.25, 0.3) is 5.91 Å². The molecule has 124 valence electrons. The van der Waals surface area contributed by atoms with Gasteiger partial charge in [0.15, 0.2) is 0 Å². The van der Waals surface area contributed by atoms with E-state index in [9.17, 15) is 18.0 Å². The topological polar surface area (TPSA) is 55.1 Å². The van der Waals surface area contributed by atoms with Gasteiger partial charge in [-0.2, -0.15) is 13.2 Å². The van der Waals surface area contributed by atoms with Crippen LogP contribution in [0.1, 0.15) is 32.9 Å². The number of aryl methyl sites for hydroxylation is 2. The van der Waals surface area contributed by atoms with Gasteiger partial charge in [0, 0.05) is 17.7 Å². The van der Waals surface area contributed by atoms with Gasteiger partial charge in [-0.1, -0.05) is 16.8 Å². The normalized spacial score (nSPS) is 11.6. The second kappa shape index (κ2) is 6.62. The Balaban J connectivity index is 2.04. The molecule has 0 unspecified atom stereocenters. The fourth-order valence-corrected chi connectivity index (χ4v) is 2.37. The van der Waals surface area contributed by atoms with Crippen molar-refractivity contribution in [3.8, 4) is 0 Å². The number of nitrogens with one attached hydrogen (secondary N) is 1. The number of nitrogens with zero attached hydrogens (tertiary/aromatic N) is 1. The molecule has 0 fully saturated rings. The van der Waals surface area contributed by atoms with Crippen LogP contribution in [0.5, 0.6) is 0 Å². The average molecular weight is 347 g/mol. The van der Waals surface area contributed by atoms with Crippen molar-refractivity contribution in [2.24, 2.45) is 0 Å². The summed E-state index contributed by atoms with van der Waals surface area (Å²) in [6.45, 7) is 3.79. The van der Waals surface area contributed by atoms with Crippen molar-refractivity contribution in [2.45, 2.75) is 26.4 Å². The predicted octanol–water partition coefficient (Wildman–Crippen LogP) is 3.94. The third-order valence-electron chi connectivity index (χ3n) is 3.38. The molecule has 1 aromatic heterocycles. The summed E-state index contributed by atoms with van der Waals surface area (Å²) < 4.78 is 43.4. The molecule has 0 aliphatic rings. The molecule has 0 bridgehead atoms. The zero-order chi connectivity index (χ0) is 17.2. The summed E-state index contributed by atoms with van der Waals surface area (Å²) in [5.41, 5.74) is 0.470. The molecule has 0 aliphatic carbocycles. The predicted molar refractivity (Wildman–Crippen MR) is 78.5 cm³/mol. The molecule has 1 heterocycles. The van der Waals surface area contributed by atoms with E-state index in [1.807, 2.05) is 0 Å². The van der Waals surface area contributed by atoms with Crippen LogP contribution in [0.3, 0.4) is 0 Å². The summed E-state index contributed by atoms with van der Waals surface area (Å²) in [4.78, 5) is 12.0. The fourth-order valence-electron chi connectivity index (χ4n) is 2.15. The summed E-state index contributed by atoms with van der Waals surface area (Å²) in [5.74, 6) is 0.0570. The SMILES string of the molecule is Cc1noc(C)c1CCNC(=O)c1ccc(Cl)c(C(F)(F)F)c1. The molecule has 2 rings (SSSR count). The van der Waals surface area contributed by atoms with E-state index in [0.717, 1.165) is 23.4 Å². The first-order valence-electron chi connectivity index (χ1n) is 6.77.